The van der Waals surface area contributed by atoms with E-state index in [1.54, 1.807) is 36.4 Å². The third kappa shape index (κ3) is 2.23. The van der Waals surface area contributed by atoms with E-state index in [2.05, 4.69) is 31.9 Å². The first-order valence-corrected chi connectivity index (χ1v) is 6.14. The van der Waals surface area contributed by atoms with Crippen molar-refractivity contribution in [2.45, 2.75) is 0 Å². The largest absolute Gasteiger partial charge is 0.508 e. The van der Waals surface area contributed by atoms with Gasteiger partial charge >= 0.3 is 0 Å². The predicted molar refractivity (Wildman–Crippen MR) is 70.6 cm³/mol. The molecular weight excluding hydrogens is 336 g/mol. The lowest BCUT2D eigenvalue weighted by molar-refractivity contribution is 0.474. The van der Waals surface area contributed by atoms with Gasteiger partial charge < -0.3 is 10.2 Å². The van der Waals surface area contributed by atoms with Crippen molar-refractivity contribution in [2.24, 2.45) is 0 Å². The highest BCUT2D eigenvalue weighted by atomic mass is 79.9. The van der Waals surface area contributed by atoms with E-state index in [0.717, 1.165) is 20.1 Å². The quantitative estimate of drug-likeness (QED) is 0.810. The first-order chi connectivity index (χ1) is 7.58. The third-order valence-electron chi connectivity index (χ3n) is 2.19. The van der Waals surface area contributed by atoms with Gasteiger partial charge in [-0.1, -0.05) is 31.9 Å². The number of rotatable bonds is 1. The number of phenolic OH excluding ortho intramolecular Hbond substituents is 2. The van der Waals surface area contributed by atoms with Gasteiger partial charge in [-0.2, -0.15) is 0 Å². The van der Waals surface area contributed by atoms with Crippen LogP contribution in [-0.4, -0.2) is 10.2 Å². The lowest BCUT2D eigenvalue weighted by Crippen LogP contribution is -1.82. The van der Waals surface area contributed by atoms with E-state index >= 15 is 0 Å². The van der Waals surface area contributed by atoms with Gasteiger partial charge in [0.1, 0.15) is 11.5 Å². The SMILES string of the molecule is Oc1ccc(Br)c(-c2cc(O)ccc2Br)c1. The van der Waals surface area contributed by atoms with Crippen molar-refractivity contribution in [1.82, 2.24) is 0 Å². The zero-order chi connectivity index (χ0) is 11.7. The van der Waals surface area contributed by atoms with Gasteiger partial charge in [0.15, 0.2) is 0 Å². The highest BCUT2D eigenvalue weighted by Gasteiger charge is 2.08. The van der Waals surface area contributed by atoms with E-state index in [4.69, 9.17) is 0 Å². The maximum atomic E-state index is 9.46. The Kier molecular flexibility index (Phi) is 3.21. The maximum Gasteiger partial charge on any atom is 0.116 e. The molecule has 0 amide bonds. The first-order valence-electron chi connectivity index (χ1n) is 4.55. The van der Waals surface area contributed by atoms with Crippen LogP contribution in [-0.2, 0) is 0 Å². The van der Waals surface area contributed by atoms with Crippen LogP contribution in [0, 0.1) is 0 Å². The molecule has 0 spiro atoms. The fraction of sp³-hybridized carbons (Fsp3) is 0. The van der Waals surface area contributed by atoms with Crippen LogP contribution in [0.25, 0.3) is 11.1 Å². The van der Waals surface area contributed by atoms with E-state index in [9.17, 15) is 10.2 Å². The van der Waals surface area contributed by atoms with Gasteiger partial charge in [0.25, 0.3) is 0 Å². The molecule has 0 fully saturated rings. The molecule has 0 bridgehead atoms. The highest BCUT2D eigenvalue weighted by Crippen LogP contribution is 2.37. The number of benzene rings is 2. The van der Waals surface area contributed by atoms with Crippen LogP contribution in [0.4, 0.5) is 0 Å². The lowest BCUT2D eigenvalue weighted by Gasteiger charge is -2.08. The molecule has 0 radical (unpaired) electrons. The van der Waals surface area contributed by atoms with Gasteiger partial charge in [-0.05, 0) is 36.4 Å². The van der Waals surface area contributed by atoms with E-state index < -0.39 is 0 Å². The van der Waals surface area contributed by atoms with Gasteiger partial charge in [-0.15, -0.1) is 0 Å². The minimum absolute atomic E-state index is 0.188. The van der Waals surface area contributed by atoms with Crippen LogP contribution in [0.15, 0.2) is 45.3 Å². The Hall–Kier alpha value is -1.00. The van der Waals surface area contributed by atoms with Crippen molar-refractivity contribution in [2.75, 3.05) is 0 Å². The predicted octanol–water partition coefficient (Wildman–Crippen LogP) is 4.29. The summed E-state index contributed by atoms with van der Waals surface area (Å²) in [7, 11) is 0. The summed E-state index contributed by atoms with van der Waals surface area (Å²) in [5.41, 5.74) is 1.64. The third-order valence-corrected chi connectivity index (χ3v) is 3.57. The molecule has 0 unspecified atom stereocenters. The normalized spacial score (nSPS) is 10.4. The van der Waals surface area contributed by atoms with Crippen LogP contribution < -0.4 is 0 Å². The second-order valence-corrected chi connectivity index (χ2v) is 5.04. The molecule has 82 valence electrons. The standard InChI is InChI=1S/C12H8Br2O2/c13-11-3-1-7(15)5-9(11)10-6-8(16)2-4-12(10)14/h1-6,15-16H. The summed E-state index contributed by atoms with van der Waals surface area (Å²) in [5.74, 6) is 0.377. The number of hydrogen-bond acceptors (Lipinski definition) is 2. The van der Waals surface area contributed by atoms with Crippen LogP contribution >= 0.6 is 31.9 Å². The molecule has 2 aromatic carbocycles. The second kappa shape index (κ2) is 4.47. The van der Waals surface area contributed by atoms with Crippen molar-refractivity contribution in [3.05, 3.63) is 45.3 Å². The molecule has 0 aliphatic rings. The summed E-state index contributed by atoms with van der Waals surface area (Å²) in [4.78, 5) is 0. The molecule has 0 atom stereocenters. The molecule has 2 nitrogen and oxygen atoms in total. The van der Waals surface area contributed by atoms with Gasteiger partial charge in [0.05, 0.1) is 0 Å². The maximum absolute atomic E-state index is 9.46. The Morgan fingerprint density at radius 3 is 1.44 bits per heavy atom. The molecule has 0 aromatic heterocycles. The Balaban J connectivity index is 2.66. The average Bonchev–Trinajstić information content (AvgIpc) is 2.25. The summed E-state index contributed by atoms with van der Waals surface area (Å²) in [6, 6.07) is 10.0. The number of phenols is 2. The zero-order valence-corrected chi connectivity index (χ0v) is 11.3. The molecule has 0 saturated heterocycles. The fourth-order valence-electron chi connectivity index (χ4n) is 1.44. The van der Waals surface area contributed by atoms with Crippen molar-refractivity contribution in [3.63, 3.8) is 0 Å². The molecule has 0 aliphatic carbocycles. The van der Waals surface area contributed by atoms with E-state index in [1.807, 2.05) is 0 Å². The minimum atomic E-state index is 0.188. The highest BCUT2D eigenvalue weighted by molar-refractivity contribution is 9.11. The van der Waals surface area contributed by atoms with E-state index in [1.165, 1.54) is 0 Å². The van der Waals surface area contributed by atoms with Gasteiger partial charge in [-0.25, -0.2) is 0 Å². The summed E-state index contributed by atoms with van der Waals surface area (Å²) in [6.07, 6.45) is 0. The van der Waals surface area contributed by atoms with E-state index in [0.29, 0.717) is 0 Å². The van der Waals surface area contributed by atoms with E-state index in [-0.39, 0.29) is 11.5 Å². The molecule has 0 saturated carbocycles. The van der Waals surface area contributed by atoms with Crippen molar-refractivity contribution < 1.29 is 10.2 Å². The van der Waals surface area contributed by atoms with Gasteiger partial charge in [-0.3, -0.25) is 0 Å². The van der Waals surface area contributed by atoms with Crippen LogP contribution in [0.5, 0.6) is 11.5 Å². The first kappa shape index (κ1) is 11.5. The molecule has 0 aliphatic heterocycles. The average molecular weight is 344 g/mol. The summed E-state index contributed by atoms with van der Waals surface area (Å²) in [5, 5.41) is 18.9. The Bertz CT molecular complexity index is 489. The lowest BCUT2D eigenvalue weighted by atomic mass is 10.1. The zero-order valence-electron chi connectivity index (χ0n) is 8.11. The Labute approximate surface area is 110 Å². The molecule has 0 heterocycles. The van der Waals surface area contributed by atoms with Crippen molar-refractivity contribution >= 4 is 31.9 Å². The smallest absolute Gasteiger partial charge is 0.116 e. The molecule has 2 rings (SSSR count). The number of aromatic hydroxyl groups is 2. The molecule has 2 aromatic rings. The van der Waals surface area contributed by atoms with Crippen LogP contribution in [0.3, 0.4) is 0 Å². The fourth-order valence-corrected chi connectivity index (χ4v) is 2.36. The van der Waals surface area contributed by atoms with Gasteiger partial charge in [0, 0.05) is 20.1 Å². The molecular formula is C12H8Br2O2. The molecule has 16 heavy (non-hydrogen) atoms. The summed E-state index contributed by atoms with van der Waals surface area (Å²) >= 11 is 6.82. The van der Waals surface area contributed by atoms with Gasteiger partial charge in [0.2, 0.25) is 0 Å². The topological polar surface area (TPSA) is 40.5 Å². The Morgan fingerprint density at radius 2 is 1.06 bits per heavy atom. The van der Waals surface area contributed by atoms with Crippen LogP contribution in [0.1, 0.15) is 0 Å². The van der Waals surface area contributed by atoms with Crippen LogP contribution in [0.2, 0.25) is 0 Å². The molecule has 4 heteroatoms. The van der Waals surface area contributed by atoms with Crippen molar-refractivity contribution in [3.8, 4) is 22.6 Å². The number of hydrogen-bond donors (Lipinski definition) is 2. The second-order valence-electron chi connectivity index (χ2n) is 3.33. The monoisotopic (exact) mass is 342 g/mol. The number of halogens is 2. The minimum Gasteiger partial charge on any atom is -0.508 e. The summed E-state index contributed by atoms with van der Waals surface area (Å²) in [6.45, 7) is 0. The Morgan fingerprint density at radius 1 is 0.688 bits per heavy atom. The van der Waals surface area contributed by atoms with Crippen molar-refractivity contribution in [1.29, 1.82) is 0 Å². The summed E-state index contributed by atoms with van der Waals surface area (Å²) < 4.78 is 1.72. The molecule has 2 N–H and O–H groups in total.